The molecule has 0 radical (unpaired) electrons. The van der Waals surface area contributed by atoms with E-state index < -0.39 is 8.80 Å². The van der Waals surface area contributed by atoms with E-state index >= 15 is 0 Å². The van der Waals surface area contributed by atoms with Crippen molar-refractivity contribution in [3.05, 3.63) is 25.3 Å². The lowest BCUT2D eigenvalue weighted by atomic mass is 10.7. The van der Waals surface area contributed by atoms with Crippen molar-refractivity contribution in [2.45, 2.75) is 12.1 Å². The Labute approximate surface area is 63.8 Å². The maximum Gasteiger partial charge on any atom is 0.0614 e. The van der Waals surface area contributed by atoms with Crippen LogP contribution in [0.2, 0.25) is 12.1 Å². The van der Waals surface area contributed by atoms with Crippen molar-refractivity contribution in [1.29, 1.82) is 0 Å². The molecule has 0 spiro atoms. The van der Waals surface area contributed by atoms with Crippen LogP contribution in [0, 0.1) is 0 Å². The molecule has 0 heterocycles. The lowest BCUT2D eigenvalue weighted by molar-refractivity contribution is 1.51. The van der Waals surface area contributed by atoms with Gasteiger partial charge in [0, 0.05) is 5.50 Å². The minimum atomic E-state index is -0.684. The third-order valence-corrected chi connectivity index (χ3v) is 4.96. The first-order valence-corrected chi connectivity index (χ1v) is 6.11. The van der Waals surface area contributed by atoms with Gasteiger partial charge in [0.25, 0.3) is 0 Å². The van der Waals surface area contributed by atoms with Crippen LogP contribution in [0.1, 0.15) is 0 Å². The summed E-state index contributed by atoms with van der Waals surface area (Å²) in [5.41, 5.74) is 0.845. The van der Waals surface area contributed by atoms with Crippen LogP contribution in [-0.4, -0.2) is 14.3 Å². The number of allylic oxidation sites excluding steroid dienone is 2. The van der Waals surface area contributed by atoms with E-state index in [-0.39, 0.29) is 0 Å². The van der Waals surface area contributed by atoms with Gasteiger partial charge in [0.2, 0.25) is 0 Å². The number of rotatable bonds is 5. The zero-order valence-electron chi connectivity index (χ0n) is 5.65. The fourth-order valence-electron chi connectivity index (χ4n) is 0.694. The molecule has 0 bridgehead atoms. The van der Waals surface area contributed by atoms with Gasteiger partial charge in [-0.2, -0.15) is 0 Å². The van der Waals surface area contributed by atoms with Gasteiger partial charge >= 0.3 is 0 Å². The summed E-state index contributed by atoms with van der Waals surface area (Å²) < 4.78 is 0. The van der Waals surface area contributed by atoms with Gasteiger partial charge in [0.15, 0.2) is 0 Å². The molecule has 0 saturated heterocycles. The summed E-state index contributed by atoms with van der Waals surface area (Å²) >= 11 is 5.69. The predicted molar refractivity (Wildman–Crippen MR) is 47.9 cm³/mol. The Morgan fingerprint density at radius 1 is 1.22 bits per heavy atom. The van der Waals surface area contributed by atoms with E-state index in [0.717, 1.165) is 17.6 Å². The van der Waals surface area contributed by atoms with Crippen molar-refractivity contribution in [2.75, 3.05) is 5.50 Å². The Morgan fingerprint density at radius 3 is 1.89 bits per heavy atom. The third kappa shape index (κ3) is 4.49. The highest BCUT2D eigenvalue weighted by atomic mass is 35.5. The summed E-state index contributed by atoms with van der Waals surface area (Å²) in [6.07, 6.45) is 3.92. The predicted octanol–water partition coefficient (Wildman–Crippen LogP) is 2.36. The SMILES string of the molecule is C=CC[SiH](CCl)CC=C. The van der Waals surface area contributed by atoms with Crippen LogP contribution in [0.5, 0.6) is 0 Å². The van der Waals surface area contributed by atoms with E-state index in [1.165, 1.54) is 0 Å². The first kappa shape index (κ1) is 8.99. The second-order valence-electron chi connectivity index (χ2n) is 2.07. The van der Waals surface area contributed by atoms with Crippen LogP contribution >= 0.6 is 11.6 Å². The molecular formula is C7H13ClSi. The maximum atomic E-state index is 5.69. The fourth-order valence-corrected chi connectivity index (χ4v) is 2.84. The molecule has 0 aliphatic rings. The van der Waals surface area contributed by atoms with Gasteiger partial charge in [-0.1, -0.05) is 12.2 Å². The molecule has 2 heteroatoms. The van der Waals surface area contributed by atoms with Crippen molar-refractivity contribution in [3.8, 4) is 0 Å². The topological polar surface area (TPSA) is 0 Å². The second-order valence-corrected chi connectivity index (χ2v) is 5.98. The van der Waals surface area contributed by atoms with Crippen LogP contribution in [0.15, 0.2) is 25.3 Å². The van der Waals surface area contributed by atoms with Crippen molar-refractivity contribution >= 4 is 20.4 Å². The van der Waals surface area contributed by atoms with Crippen LogP contribution in [-0.2, 0) is 0 Å². The normalized spacial score (nSPS) is 9.56. The van der Waals surface area contributed by atoms with Gasteiger partial charge in [-0.15, -0.1) is 24.8 Å². The van der Waals surface area contributed by atoms with Crippen LogP contribution in [0.25, 0.3) is 0 Å². The maximum absolute atomic E-state index is 5.69. The van der Waals surface area contributed by atoms with Crippen LogP contribution in [0.3, 0.4) is 0 Å². The van der Waals surface area contributed by atoms with Gasteiger partial charge in [0.1, 0.15) is 0 Å². The lowest BCUT2D eigenvalue weighted by Gasteiger charge is -2.03. The monoisotopic (exact) mass is 160 g/mol. The fraction of sp³-hybridized carbons (Fsp3) is 0.429. The molecule has 0 aromatic heterocycles. The summed E-state index contributed by atoms with van der Waals surface area (Å²) in [5.74, 6) is 0. The molecule has 0 rings (SSSR count). The molecule has 0 N–H and O–H groups in total. The molecule has 52 valence electrons. The number of hydrogen-bond donors (Lipinski definition) is 0. The molecule has 0 nitrogen and oxygen atoms in total. The molecule has 0 aromatic carbocycles. The van der Waals surface area contributed by atoms with Crippen molar-refractivity contribution in [3.63, 3.8) is 0 Å². The Morgan fingerprint density at radius 2 is 1.67 bits per heavy atom. The van der Waals surface area contributed by atoms with Crippen LogP contribution < -0.4 is 0 Å². The first-order valence-electron chi connectivity index (χ1n) is 3.12. The van der Waals surface area contributed by atoms with Crippen molar-refractivity contribution in [2.24, 2.45) is 0 Å². The Balaban J connectivity index is 3.39. The summed E-state index contributed by atoms with van der Waals surface area (Å²) in [6, 6.07) is 2.27. The van der Waals surface area contributed by atoms with Gasteiger partial charge in [0.05, 0.1) is 8.80 Å². The van der Waals surface area contributed by atoms with Gasteiger partial charge in [-0.25, -0.2) is 0 Å². The van der Waals surface area contributed by atoms with E-state index in [9.17, 15) is 0 Å². The molecule has 0 amide bonds. The number of alkyl halides is 1. The summed E-state index contributed by atoms with van der Waals surface area (Å²) in [4.78, 5) is 0. The van der Waals surface area contributed by atoms with E-state index in [4.69, 9.17) is 11.6 Å². The average molecular weight is 161 g/mol. The zero-order valence-corrected chi connectivity index (χ0v) is 7.56. The highest BCUT2D eigenvalue weighted by Crippen LogP contribution is 2.02. The molecular weight excluding hydrogens is 148 g/mol. The third-order valence-electron chi connectivity index (χ3n) is 1.22. The van der Waals surface area contributed by atoms with Crippen molar-refractivity contribution in [1.82, 2.24) is 0 Å². The molecule has 0 unspecified atom stereocenters. The second kappa shape index (κ2) is 6.11. The van der Waals surface area contributed by atoms with Gasteiger partial charge < -0.3 is 0 Å². The Bertz CT molecular complexity index is 80.9. The Hall–Kier alpha value is -0.0131. The van der Waals surface area contributed by atoms with E-state index in [2.05, 4.69) is 13.2 Å². The molecule has 0 aliphatic carbocycles. The number of halogens is 1. The first-order chi connectivity index (χ1) is 4.35. The summed E-state index contributed by atoms with van der Waals surface area (Å²) in [7, 11) is -0.684. The molecule has 0 atom stereocenters. The lowest BCUT2D eigenvalue weighted by Crippen LogP contribution is -2.11. The smallest absolute Gasteiger partial charge is 0.0614 e. The Kier molecular flexibility index (Phi) is 6.10. The molecule has 0 fully saturated rings. The van der Waals surface area contributed by atoms with E-state index in [0.29, 0.717) is 0 Å². The van der Waals surface area contributed by atoms with E-state index in [1.54, 1.807) is 0 Å². The van der Waals surface area contributed by atoms with E-state index in [1.807, 2.05) is 12.2 Å². The molecule has 0 aromatic rings. The average Bonchev–Trinajstić information content (AvgIpc) is 1.88. The summed E-state index contributed by atoms with van der Waals surface area (Å²) in [6.45, 7) is 7.34. The largest absolute Gasteiger partial charge is 0.130 e. The van der Waals surface area contributed by atoms with Crippen LogP contribution in [0.4, 0.5) is 0 Å². The molecule has 0 aliphatic heterocycles. The van der Waals surface area contributed by atoms with Gasteiger partial charge in [-0.05, 0) is 12.1 Å². The summed E-state index contributed by atoms with van der Waals surface area (Å²) in [5, 5.41) is 0. The highest BCUT2D eigenvalue weighted by Gasteiger charge is 2.02. The zero-order chi connectivity index (χ0) is 7.11. The van der Waals surface area contributed by atoms with Crippen molar-refractivity contribution < 1.29 is 0 Å². The molecule has 0 saturated carbocycles. The number of hydrogen-bond acceptors (Lipinski definition) is 0. The van der Waals surface area contributed by atoms with Gasteiger partial charge in [-0.3, -0.25) is 0 Å². The highest BCUT2D eigenvalue weighted by molar-refractivity contribution is 6.67. The molecule has 9 heavy (non-hydrogen) atoms. The minimum Gasteiger partial charge on any atom is -0.130 e. The minimum absolute atomic E-state index is 0.684. The quantitative estimate of drug-likeness (QED) is 0.329. The standard InChI is InChI=1S/C7H13ClSi/c1-3-5-9(7-8)6-4-2/h3-4,9H,1-2,5-7H2.